The lowest BCUT2D eigenvalue weighted by molar-refractivity contribution is 0.0568. The standard InChI is InChI=1S/C13H18FNO3S/c1-15-19(16,17)13-6-7-18-9-11(13)8-10-4-2-3-5-12(10)14/h2-5,11,13,15H,6-9H2,1H3. The van der Waals surface area contributed by atoms with E-state index >= 15 is 0 Å². The first-order valence-corrected chi connectivity index (χ1v) is 7.82. The Morgan fingerprint density at radius 1 is 1.42 bits per heavy atom. The predicted octanol–water partition coefficient (Wildman–Crippen LogP) is 1.32. The highest BCUT2D eigenvalue weighted by Crippen LogP contribution is 2.25. The van der Waals surface area contributed by atoms with E-state index < -0.39 is 15.3 Å². The van der Waals surface area contributed by atoms with Gasteiger partial charge in [-0.2, -0.15) is 0 Å². The fraction of sp³-hybridized carbons (Fsp3) is 0.538. The van der Waals surface area contributed by atoms with Crippen LogP contribution in [-0.4, -0.2) is 33.9 Å². The second kappa shape index (κ2) is 5.98. The molecule has 19 heavy (non-hydrogen) atoms. The van der Waals surface area contributed by atoms with Crippen molar-refractivity contribution in [2.45, 2.75) is 18.1 Å². The van der Waals surface area contributed by atoms with Gasteiger partial charge in [-0.1, -0.05) is 18.2 Å². The quantitative estimate of drug-likeness (QED) is 0.909. The van der Waals surface area contributed by atoms with Gasteiger partial charge in [-0.25, -0.2) is 17.5 Å². The van der Waals surface area contributed by atoms with Gasteiger partial charge in [0.05, 0.1) is 11.9 Å². The molecule has 0 spiro atoms. The third kappa shape index (κ3) is 3.32. The second-order valence-corrected chi connectivity index (χ2v) is 6.81. The minimum atomic E-state index is -3.36. The van der Waals surface area contributed by atoms with Crippen molar-refractivity contribution in [3.63, 3.8) is 0 Å². The average Bonchev–Trinajstić information content (AvgIpc) is 2.42. The lowest BCUT2D eigenvalue weighted by Crippen LogP contribution is -2.43. The number of benzene rings is 1. The van der Waals surface area contributed by atoms with Gasteiger partial charge in [0.25, 0.3) is 0 Å². The van der Waals surface area contributed by atoms with Crippen LogP contribution in [0.3, 0.4) is 0 Å². The van der Waals surface area contributed by atoms with Crippen LogP contribution in [0.1, 0.15) is 12.0 Å². The molecule has 0 aromatic heterocycles. The number of hydrogen-bond acceptors (Lipinski definition) is 3. The van der Waals surface area contributed by atoms with E-state index in [1.54, 1.807) is 18.2 Å². The summed E-state index contributed by atoms with van der Waals surface area (Å²) >= 11 is 0. The number of sulfonamides is 1. The lowest BCUT2D eigenvalue weighted by Gasteiger charge is -2.31. The molecule has 1 aromatic rings. The van der Waals surface area contributed by atoms with Gasteiger partial charge in [-0.15, -0.1) is 0 Å². The Balaban J connectivity index is 2.19. The molecular formula is C13H18FNO3S. The first kappa shape index (κ1) is 14.4. The highest BCUT2D eigenvalue weighted by molar-refractivity contribution is 7.90. The molecular weight excluding hydrogens is 269 g/mol. The van der Waals surface area contributed by atoms with E-state index in [-0.39, 0.29) is 11.7 Å². The molecule has 0 aliphatic carbocycles. The zero-order valence-electron chi connectivity index (χ0n) is 10.8. The monoisotopic (exact) mass is 287 g/mol. The van der Waals surface area contributed by atoms with E-state index in [9.17, 15) is 12.8 Å². The second-order valence-electron chi connectivity index (χ2n) is 4.71. The summed E-state index contributed by atoms with van der Waals surface area (Å²) in [5.41, 5.74) is 0.536. The molecule has 106 valence electrons. The number of halogens is 1. The molecule has 0 amide bonds. The Labute approximate surface area is 113 Å². The van der Waals surface area contributed by atoms with Gasteiger partial charge in [0.15, 0.2) is 0 Å². The van der Waals surface area contributed by atoms with Gasteiger partial charge < -0.3 is 4.74 Å². The largest absolute Gasteiger partial charge is 0.381 e. The van der Waals surface area contributed by atoms with Crippen molar-refractivity contribution in [2.24, 2.45) is 5.92 Å². The van der Waals surface area contributed by atoms with E-state index in [1.807, 2.05) is 0 Å². The summed E-state index contributed by atoms with van der Waals surface area (Å²) < 4.78 is 45.3. The molecule has 6 heteroatoms. The van der Waals surface area contributed by atoms with Crippen LogP contribution in [0.25, 0.3) is 0 Å². The third-order valence-corrected chi connectivity index (χ3v) is 5.51. The summed E-state index contributed by atoms with van der Waals surface area (Å²) in [5.74, 6) is -0.517. The molecule has 0 bridgehead atoms. The van der Waals surface area contributed by atoms with Crippen molar-refractivity contribution in [2.75, 3.05) is 20.3 Å². The van der Waals surface area contributed by atoms with Crippen molar-refractivity contribution < 1.29 is 17.5 Å². The molecule has 1 aliphatic rings. The van der Waals surface area contributed by atoms with E-state index in [1.165, 1.54) is 13.1 Å². The van der Waals surface area contributed by atoms with Crippen LogP contribution in [0.15, 0.2) is 24.3 Å². The average molecular weight is 287 g/mol. The SMILES string of the molecule is CNS(=O)(=O)C1CCOCC1Cc1ccccc1F. The summed E-state index contributed by atoms with van der Waals surface area (Å²) in [5, 5.41) is -0.522. The Hall–Kier alpha value is -0.980. The predicted molar refractivity (Wildman–Crippen MR) is 70.8 cm³/mol. The van der Waals surface area contributed by atoms with Gasteiger partial charge in [0.2, 0.25) is 10.0 Å². The molecule has 2 atom stereocenters. The molecule has 0 saturated carbocycles. The number of ether oxygens (including phenoxy) is 1. The van der Waals surface area contributed by atoms with Crippen LogP contribution in [-0.2, 0) is 21.2 Å². The topological polar surface area (TPSA) is 55.4 Å². The van der Waals surface area contributed by atoms with Gasteiger partial charge in [0.1, 0.15) is 5.82 Å². The molecule has 4 nitrogen and oxygen atoms in total. The molecule has 2 unspecified atom stereocenters. The van der Waals surface area contributed by atoms with E-state index in [4.69, 9.17) is 4.74 Å². The van der Waals surface area contributed by atoms with Crippen molar-refractivity contribution >= 4 is 10.0 Å². The zero-order valence-corrected chi connectivity index (χ0v) is 11.6. The molecule has 2 rings (SSSR count). The maximum atomic E-state index is 13.6. The minimum Gasteiger partial charge on any atom is -0.381 e. The molecule has 1 N–H and O–H groups in total. The number of rotatable bonds is 4. The summed E-state index contributed by atoms with van der Waals surface area (Å²) in [7, 11) is -1.95. The Kier molecular flexibility index (Phi) is 4.54. The molecule has 0 radical (unpaired) electrons. The van der Waals surface area contributed by atoms with Gasteiger partial charge >= 0.3 is 0 Å². The van der Waals surface area contributed by atoms with Gasteiger partial charge in [0, 0.05) is 12.5 Å². The van der Waals surface area contributed by atoms with Crippen molar-refractivity contribution in [1.82, 2.24) is 4.72 Å². The molecule has 1 heterocycles. The van der Waals surface area contributed by atoms with Gasteiger partial charge in [-0.05, 0) is 31.5 Å². The third-order valence-electron chi connectivity index (χ3n) is 3.53. The smallest absolute Gasteiger partial charge is 0.214 e. The summed E-state index contributed by atoms with van der Waals surface area (Å²) in [4.78, 5) is 0. The Morgan fingerprint density at radius 3 is 2.84 bits per heavy atom. The molecule has 1 fully saturated rings. The van der Waals surface area contributed by atoms with Crippen LogP contribution in [0.5, 0.6) is 0 Å². The summed E-state index contributed by atoms with van der Waals surface area (Å²) in [6.45, 7) is 0.777. The molecule has 1 saturated heterocycles. The fourth-order valence-electron chi connectivity index (χ4n) is 2.47. The Bertz CT molecular complexity index is 532. The minimum absolute atomic E-state index is 0.219. The lowest BCUT2D eigenvalue weighted by atomic mass is 9.93. The number of nitrogens with one attached hydrogen (secondary N) is 1. The van der Waals surface area contributed by atoms with Crippen LogP contribution >= 0.6 is 0 Å². The van der Waals surface area contributed by atoms with Crippen molar-refractivity contribution in [3.05, 3.63) is 35.6 Å². The van der Waals surface area contributed by atoms with Crippen molar-refractivity contribution in [3.8, 4) is 0 Å². The van der Waals surface area contributed by atoms with E-state index in [2.05, 4.69) is 4.72 Å². The molecule has 1 aromatic carbocycles. The first-order chi connectivity index (χ1) is 9.04. The summed E-state index contributed by atoms with van der Waals surface area (Å²) in [6.07, 6.45) is 0.820. The normalized spacial score (nSPS) is 24.3. The van der Waals surface area contributed by atoms with Crippen molar-refractivity contribution in [1.29, 1.82) is 0 Å². The summed E-state index contributed by atoms with van der Waals surface area (Å²) in [6, 6.07) is 6.45. The zero-order chi connectivity index (χ0) is 13.9. The molecule has 1 aliphatic heterocycles. The van der Waals surface area contributed by atoms with Crippen LogP contribution in [0.4, 0.5) is 4.39 Å². The van der Waals surface area contributed by atoms with Crippen LogP contribution in [0, 0.1) is 11.7 Å². The van der Waals surface area contributed by atoms with Crippen LogP contribution < -0.4 is 4.72 Å². The van der Waals surface area contributed by atoms with E-state index in [0.717, 1.165) is 0 Å². The maximum Gasteiger partial charge on any atom is 0.214 e. The Morgan fingerprint density at radius 2 is 2.16 bits per heavy atom. The highest BCUT2D eigenvalue weighted by atomic mass is 32.2. The van der Waals surface area contributed by atoms with Crippen LogP contribution in [0.2, 0.25) is 0 Å². The fourth-order valence-corrected chi connectivity index (χ4v) is 3.86. The van der Waals surface area contributed by atoms with Gasteiger partial charge in [-0.3, -0.25) is 0 Å². The number of hydrogen-bond donors (Lipinski definition) is 1. The maximum absolute atomic E-state index is 13.6. The van der Waals surface area contributed by atoms with E-state index in [0.29, 0.717) is 31.6 Å². The first-order valence-electron chi connectivity index (χ1n) is 6.28. The highest BCUT2D eigenvalue weighted by Gasteiger charge is 2.35.